The van der Waals surface area contributed by atoms with Gasteiger partial charge in [0.1, 0.15) is 18.0 Å². The molecule has 0 radical (unpaired) electrons. The quantitative estimate of drug-likeness (QED) is 0.421. The van der Waals surface area contributed by atoms with Gasteiger partial charge < -0.3 is 19.7 Å². The van der Waals surface area contributed by atoms with Crippen LogP contribution in [0.25, 0.3) is 11.4 Å². The molecule has 2 atom stereocenters. The number of carboxylic acids is 1. The van der Waals surface area contributed by atoms with Gasteiger partial charge in [-0.1, -0.05) is 55.3 Å². The number of imidazole rings is 1. The third-order valence-electron chi connectivity index (χ3n) is 5.93. The number of rotatable bonds is 9. The summed E-state index contributed by atoms with van der Waals surface area (Å²) in [6, 6.07) is 15.2. The number of hydrogen-bond donors (Lipinski definition) is 3. The highest BCUT2D eigenvalue weighted by Gasteiger charge is 2.30. The standard InChI is InChI=1S/C26H28N4O5/c1-16(18-6-4-3-5-7-18)35-26(34)29-22-15-30(2)23(28-22)19-10-12-20(13-11-19)24(31)27-21(25(32)33)14-17-8-9-17/h3-7,10-13,15-17,21H,8-9,14H2,1-2H3,(H,27,31)(H,29,34)(H,32,33). The number of hydrogen-bond acceptors (Lipinski definition) is 5. The predicted octanol–water partition coefficient (Wildman–Crippen LogP) is 4.38. The van der Waals surface area contributed by atoms with Gasteiger partial charge in [-0.15, -0.1) is 0 Å². The lowest BCUT2D eigenvalue weighted by Crippen LogP contribution is -2.41. The third kappa shape index (κ3) is 6.26. The number of aryl methyl sites for hydroxylation is 1. The fraction of sp³-hybridized carbons (Fsp3) is 0.308. The van der Waals surface area contributed by atoms with Crippen molar-refractivity contribution in [1.29, 1.82) is 0 Å². The second-order valence-corrected chi connectivity index (χ2v) is 8.76. The van der Waals surface area contributed by atoms with Crippen LogP contribution in [0.3, 0.4) is 0 Å². The van der Waals surface area contributed by atoms with E-state index in [1.807, 2.05) is 30.3 Å². The summed E-state index contributed by atoms with van der Waals surface area (Å²) in [5.41, 5.74) is 1.98. The normalized spacial score (nSPS) is 14.6. The van der Waals surface area contributed by atoms with Crippen LogP contribution in [0, 0.1) is 5.92 Å². The topological polar surface area (TPSA) is 123 Å². The van der Waals surface area contributed by atoms with Crippen LogP contribution in [0.1, 0.15) is 48.2 Å². The van der Waals surface area contributed by atoms with Gasteiger partial charge in [-0.05, 0) is 37.0 Å². The molecule has 9 nitrogen and oxygen atoms in total. The van der Waals surface area contributed by atoms with E-state index in [9.17, 15) is 19.5 Å². The molecule has 182 valence electrons. The number of nitrogens with one attached hydrogen (secondary N) is 2. The summed E-state index contributed by atoms with van der Waals surface area (Å²) in [4.78, 5) is 40.8. The average Bonchev–Trinajstić information content (AvgIpc) is 3.59. The maximum absolute atomic E-state index is 12.5. The van der Waals surface area contributed by atoms with E-state index in [1.54, 1.807) is 49.0 Å². The van der Waals surface area contributed by atoms with Gasteiger partial charge in [-0.3, -0.25) is 10.1 Å². The van der Waals surface area contributed by atoms with Gasteiger partial charge in [0.15, 0.2) is 5.82 Å². The Hall–Kier alpha value is -4.14. The molecule has 2 unspecified atom stereocenters. The predicted molar refractivity (Wildman–Crippen MR) is 130 cm³/mol. The van der Waals surface area contributed by atoms with Crippen molar-refractivity contribution >= 4 is 23.8 Å². The smallest absolute Gasteiger partial charge is 0.413 e. The summed E-state index contributed by atoms with van der Waals surface area (Å²) in [6.07, 6.45) is 3.12. The molecule has 1 aliphatic rings. The molecule has 0 bridgehead atoms. The lowest BCUT2D eigenvalue weighted by molar-refractivity contribution is -0.139. The first-order valence-corrected chi connectivity index (χ1v) is 11.5. The van der Waals surface area contributed by atoms with Gasteiger partial charge in [0.25, 0.3) is 5.91 Å². The molecule has 0 aliphatic heterocycles. The van der Waals surface area contributed by atoms with Gasteiger partial charge in [0.2, 0.25) is 0 Å². The van der Waals surface area contributed by atoms with Crippen molar-refractivity contribution in [2.75, 3.05) is 5.32 Å². The van der Waals surface area contributed by atoms with E-state index in [0.717, 1.165) is 24.0 Å². The van der Waals surface area contributed by atoms with Crippen molar-refractivity contribution in [1.82, 2.24) is 14.9 Å². The first-order valence-electron chi connectivity index (χ1n) is 11.5. The number of anilines is 1. The van der Waals surface area contributed by atoms with Gasteiger partial charge in [-0.25, -0.2) is 14.6 Å². The summed E-state index contributed by atoms with van der Waals surface area (Å²) in [5, 5.41) is 14.6. The minimum atomic E-state index is -1.02. The molecule has 0 spiro atoms. The maximum atomic E-state index is 12.5. The first kappa shape index (κ1) is 24.0. The number of carboxylic acid groups (broad SMARTS) is 1. The van der Waals surface area contributed by atoms with Gasteiger partial charge >= 0.3 is 12.1 Å². The summed E-state index contributed by atoms with van der Waals surface area (Å²) in [5.74, 6) is -0.156. The minimum absolute atomic E-state index is 0.332. The number of amides is 2. The molecule has 3 aromatic rings. The molecule has 1 saturated carbocycles. The van der Waals surface area contributed by atoms with Crippen LogP contribution in [-0.2, 0) is 16.6 Å². The summed E-state index contributed by atoms with van der Waals surface area (Å²) < 4.78 is 7.18. The fourth-order valence-corrected chi connectivity index (χ4v) is 3.80. The van der Waals surface area contributed by atoms with Crippen molar-refractivity contribution < 1.29 is 24.2 Å². The highest BCUT2D eigenvalue weighted by Crippen LogP contribution is 2.33. The average molecular weight is 477 g/mol. The number of benzene rings is 2. The number of carbonyl (C=O) groups is 3. The van der Waals surface area contributed by atoms with Crippen molar-refractivity contribution in [2.45, 2.75) is 38.3 Å². The zero-order valence-corrected chi connectivity index (χ0v) is 19.6. The van der Waals surface area contributed by atoms with Gasteiger partial charge in [0, 0.05) is 24.4 Å². The maximum Gasteiger partial charge on any atom is 0.413 e. The Morgan fingerprint density at radius 1 is 1.11 bits per heavy atom. The SMILES string of the molecule is CC(OC(=O)Nc1cn(C)c(-c2ccc(C(=O)NC(CC3CC3)C(=O)O)cc2)n1)c1ccccc1. The molecular weight excluding hydrogens is 448 g/mol. The highest BCUT2D eigenvalue weighted by atomic mass is 16.6. The van der Waals surface area contributed by atoms with Crippen molar-refractivity contribution in [2.24, 2.45) is 13.0 Å². The van der Waals surface area contributed by atoms with E-state index >= 15 is 0 Å². The number of carbonyl (C=O) groups excluding carboxylic acids is 2. The lowest BCUT2D eigenvalue weighted by atomic mass is 10.1. The number of aliphatic carboxylic acids is 1. The molecular formula is C26H28N4O5. The Balaban J connectivity index is 1.38. The molecule has 1 heterocycles. The molecule has 3 N–H and O–H groups in total. The van der Waals surface area contributed by atoms with Crippen LogP contribution in [-0.4, -0.2) is 38.7 Å². The van der Waals surface area contributed by atoms with Crippen LogP contribution >= 0.6 is 0 Å². The largest absolute Gasteiger partial charge is 0.480 e. The van der Waals surface area contributed by atoms with E-state index in [-0.39, 0.29) is 0 Å². The van der Waals surface area contributed by atoms with Crippen molar-refractivity contribution in [3.63, 3.8) is 0 Å². The fourth-order valence-electron chi connectivity index (χ4n) is 3.80. The summed E-state index contributed by atoms with van der Waals surface area (Å²) in [6.45, 7) is 1.79. The lowest BCUT2D eigenvalue weighted by Gasteiger charge is -2.14. The Bertz CT molecular complexity index is 1200. The molecule has 9 heteroatoms. The van der Waals surface area contributed by atoms with Crippen LogP contribution < -0.4 is 10.6 Å². The molecule has 2 amide bonds. The second-order valence-electron chi connectivity index (χ2n) is 8.76. The first-order chi connectivity index (χ1) is 16.8. The van der Waals surface area contributed by atoms with Crippen LogP contribution in [0.4, 0.5) is 10.6 Å². The van der Waals surface area contributed by atoms with Crippen LogP contribution in [0.2, 0.25) is 0 Å². The third-order valence-corrected chi connectivity index (χ3v) is 5.93. The Kier molecular flexibility index (Phi) is 7.14. The second kappa shape index (κ2) is 10.4. The van der Waals surface area contributed by atoms with Gasteiger partial charge in [0.05, 0.1) is 0 Å². The molecule has 1 aromatic heterocycles. The van der Waals surface area contributed by atoms with E-state index in [1.165, 1.54) is 0 Å². The number of ether oxygens (including phenoxy) is 1. The van der Waals surface area contributed by atoms with Crippen molar-refractivity contribution in [3.05, 3.63) is 71.9 Å². The highest BCUT2D eigenvalue weighted by molar-refractivity contribution is 5.97. The Labute approximate surface area is 203 Å². The molecule has 35 heavy (non-hydrogen) atoms. The van der Waals surface area contributed by atoms with E-state index in [2.05, 4.69) is 15.6 Å². The van der Waals surface area contributed by atoms with E-state index in [0.29, 0.717) is 29.5 Å². The minimum Gasteiger partial charge on any atom is -0.480 e. The Morgan fingerprint density at radius 3 is 2.43 bits per heavy atom. The molecule has 1 fully saturated rings. The number of nitrogens with zero attached hydrogens (tertiary/aromatic N) is 2. The van der Waals surface area contributed by atoms with Gasteiger partial charge in [-0.2, -0.15) is 0 Å². The molecule has 1 aliphatic carbocycles. The zero-order chi connectivity index (χ0) is 24.9. The van der Waals surface area contributed by atoms with E-state index in [4.69, 9.17) is 4.74 Å². The molecule has 2 aromatic carbocycles. The monoisotopic (exact) mass is 476 g/mol. The van der Waals surface area contributed by atoms with Crippen LogP contribution in [0.5, 0.6) is 0 Å². The molecule has 0 saturated heterocycles. The molecule has 4 rings (SSSR count). The number of aromatic nitrogens is 2. The van der Waals surface area contributed by atoms with E-state index < -0.39 is 30.1 Å². The van der Waals surface area contributed by atoms with Crippen molar-refractivity contribution in [3.8, 4) is 11.4 Å². The summed E-state index contributed by atoms with van der Waals surface area (Å²) >= 11 is 0. The van der Waals surface area contributed by atoms with Crippen LogP contribution in [0.15, 0.2) is 60.8 Å². The zero-order valence-electron chi connectivity index (χ0n) is 19.6. The summed E-state index contributed by atoms with van der Waals surface area (Å²) in [7, 11) is 1.79. The Morgan fingerprint density at radius 2 is 1.80 bits per heavy atom.